The number of aryl methyl sites for hydroxylation is 1. The monoisotopic (exact) mass is 394 g/mol. The van der Waals surface area contributed by atoms with Crippen LogP contribution in [0.25, 0.3) is 22.2 Å². The zero-order chi connectivity index (χ0) is 19.7. The van der Waals surface area contributed by atoms with Crippen molar-refractivity contribution in [2.24, 2.45) is 0 Å². The Morgan fingerprint density at radius 1 is 1.11 bits per heavy atom. The van der Waals surface area contributed by atoms with Crippen molar-refractivity contribution in [1.29, 1.82) is 0 Å². The highest BCUT2D eigenvalue weighted by molar-refractivity contribution is 6.30. The highest BCUT2D eigenvalue weighted by Crippen LogP contribution is 2.34. The van der Waals surface area contributed by atoms with Crippen molar-refractivity contribution in [1.82, 2.24) is 14.5 Å². The van der Waals surface area contributed by atoms with Gasteiger partial charge in [0.1, 0.15) is 23.6 Å². The maximum atomic E-state index is 13.1. The predicted molar refractivity (Wildman–Crippen MR) is 108 cm³/mol. The number of hydrogen-bond donors (Lipinski definition) is 1. The number of nitrogens with zero attached hydrogens (tertiary/aromatic N) is 3. The van der Waals surface area contributed by atoms with Crippen LogP contribution in [-0.4, -0.2) is 20.4 Å². The summed E-state index contributed by atoms with van der Waals surface area (Å²) >= 11 is 6.02. The minimum atomic E-state index is -0.397. The lowest BCUT2D eigenvalue weighted by Gasteiger charge is -2.08. The second-order valence-corrected chi connectivity index (χ2v) is 6.65. The van der Waals surface area contributed by atoms with Crippen LogP contribution in [-0.2, 0) is 6.54 Å². The van der Waals surface area contributed by atoms with E-state index in [0.29, 0.717) is 22.9 Å². The molecule has 0 bridgehead atoms. The highest BCUT2D eigenvalue weighted by Gasteiger charge is 2.18. The maximum absolute atomic E-state index is 13.1. The van der Waals surface area contributed by atoms with Crippen molar-refractivity contribution < 1.29 is 9.18 Å². The zero-order valence-corrected chi connectivity index (χ0v) is 15.7. The van der Waals surface area contributed by atoms with E-state index in [4.69, 9.17) is 11.6 Å². The van der Waals surface area contributed by atoms with E-state index in [1.54, 1.807) is 0 Å². The fourth-order valence-electron chi connectivity index (χ4n) is 3.09. The Morgan fingerprint density at radius 3 is 2.50 bits per heavy atom. The average molecular weight is 395 g/mol. The number of amides is 1. The van der Waals surface area contributed by atoms with Crippen molar-refractivity contribution in [2.45, 2.75) is 13.5 Å². The average Bonchev–Trinajstić information content (AvgIpc) is 3.09. The molecule has 4 aromatic rings. The van der Waals surface area contributed by atoms with E-state index < -0.39 is 5.82 Å². The molecule has 4 rings (SSSR count). The third kappa shape index (κ3) is 3.34. The van der Waals surface area contributed by atoms with Gasteiger partial charge in [0, 0.05) is 28.9 Å². The molecule has 140 valence electrons. The molecule has 0 saturated heterocycles. The van der Waals surface area contributed by atoms with Crippen LogP contribution in [0.3, 0.4) is 0 Å². The van der Waals surface area contributed by atoms with E-state index in [2.05, 4.69) is 15.3 Å². The molecule has 2 heterocycles. The van der Waals surface area contributed by atoms with Crippen LogP contribution >= 0.6 is 11.6 Å². The lowest BCUT2D eigenvalue weighted by atomic mass is 10.1. The molecule has 0 aliphatic carbocycles. The maximum Gasteiger partial charge on any atom is 0.256 e. The molecule has 7 heteroatoms. The Kier molecular flexibility index (Phi) is 4.79. The second kappa shape index (κ2) is 7.40. The molecule has 0 unspecified atom stereocenters. The first-order chi connectivity index (χ1) is 13.6. The van der Waals surface area contributed by atoms with Gasteiger partial charge in [0.25, 0.3) is 5.91 Å². The Morgan fingerprint density at radius 2 is 1.82 bits per heavy atom. The molecule has 28 heavy (non-hydrogen) atoms. The summed E-state index contributed by atoms with van der Waals surface area (Å²) in [7, 11) is 0. The summed E-state index contributed by atoms with van der Waals surface area (Å²) in [6.45, 7) is 2.73. The van der Waals surface area contributed by atoms with E-state index in [0.717, 1.165) is 22.2 Å². The van der Waals surface area contributed by atoms with Gasteiger partial charge in [0.05, 0.1) is 5.39 Å². The van der Waals surface area contributed by atoms with Gasteiger partial charge in [0.15, 0.2) is 0 Å². The van der Waals surface area contributed by atoms with Crippen molar-refractivity contribution >= 4 is 34.4 Å². The van der Waals surface area contributed by atoms with Gasteiger partial charge in [-0.2, -0.15) is 0 Å². The Hall–Kier alpha value is -3.25. The molecule has 2 aromatic carbocycles. The number of anilines is 1. The normalized spacial score (nSPS) is 11.0. The number of rotatable bonds is 4. The SMILES string of the molecule is CCn1cc(-c2ccc(Cl)cc2)c2c(NC(=O)c3ccc(F)cc3)ncnc21. The summed E-state index contributed by atoms with van der Waals surface area (Å²) < 4.78 is 15.1. The topological polar surface area (TPSA) is 59.8 Å². The first-order valence-corrected chi connectivity index (χ1v) is 9.11. The zero-order valence-electron chi connectivity index (χ0n) is 15.0. The van der Waals surface area contributed by atoms with Crippen LogP contribution in [0, 0.1) is 5.82 Å². The van der Waals surface area contributed by atoms with E-state index in [1.165, 1.54) is 30.6 Å². The minimum Gasteiger partial charge on any atom is -0.332 e. The van der Waals surface area contributed by atoms with Crippen molar-refractivity contribution in [3.63, 3.8) is 0 Å². The molecule has 0 saturated carbocycles. The van der Waals surface area contributed by atoms with Crippen molar-refractivity contribution in [3.05, 3.63) is 77.5 Å². The quantitative estimate of drug-likeness (QED) is 0.520. The molecule has 0 aliphatic heterocycles. The summed E-state index contributed by atoms with van der Waals surface area (Å²) in [5, 5.41) is 4.21. The summed E-state index contributed by atoms with van der Waals surface area (Å²) in [5.74, 6) is -0.367. The summed E-state index contributed by atoms with van der Waals surface area (Å²) in [5.41, 5.74) is 2.89. The number of fused-ring (bicyclic) bond motifs is 1. The number of aromatic nitrogens is 3. The van der Waals surface area contributed by atoms with Crippen molar-refractivity contribution in [3.8, 4) is 11.1 Å². The van der Waals surface area contributed by atoms with Gasteiger partial charge in [-0.15, -0.1) is 0 Å². The second-order valence-electron chi connectivity index (χ2n) is 6.22. The van der Waals surface area contributed by atoms with Gasteiger partial charge in [-0.25, -0.2) is 14.4 Å². The Balaban J connectivity index is 1.82. The Bertz CT molecular complexity index is 1150. The van der Waals surface area contributed by atoms with Crippen LogP contribution in [0.15, 0.2) is 61.1 Å². The number of hydrogen-bond acceptors (Lipinski definition) is 3. The van der Waals surface area contributed by atoms with Crippen LogP contribution in [0.5, 0.6) is 0 Å². The first kappa shape index (κ1) is 18.1. The van der Waals surface area contributed by atoms with Crippen LogP contribution in [0.4, 0.5) is 10.2 Å². The third-order valence-electron chi connectivity index (χ3n) is 4.49. The molecule has 0 fully saturated rings. The fourth-order valence-corrected chi connectivity index (χ4v) is 3.21. The molecule has 1 N–H and O–H groups in total. The first-order valence-electron chi connectivity index (χ1n) is 8.73. The van der Waals surface area contributed by atoms with Gasteiger partial charge in [-0.05, 0) is 48.9 Å². The van der Waals surface area contributed by atoms with Crippen LogP contribution in [0.1, 0.15) is 17.3 Å². The van der Waals surface area contributed by atoms with E-state index >= 15 is 0 Å². The van der Waals surface area contributed by atoms with Crippen LogP contribution < -0.4 is 5.32 Å². The number of nitrogens with one attached hydrogen (secondary N) is 1. The molecule has 5 nitrogen and oxygen atoms in total. The highest BCUT2D eigenvalue weighted by atomic mass is 35.5. The van der Waals surface area contributed by atoms with Gasteiger partial charge in [-0.1, -0.05) is 23.7 Å². The molecule has 0 spiro atoms. The lowest BCUT2D eigenvalue weighted by Crippen LogP contribution is -2.13. The largest absolute Gasteiger partial charge is 0.332 e. The van der Waals surface area contributed by atoms with E-state index in [-0.39, 0.29) is 5.91 Å². The van der Waals surface area contributed by atoms with Gasteiger partial charge in [0.2, 0.25) is 0 Å². The van der Waals surface area contributed by atoms with E-state index in [1.807, 2.05) is 42.0 Å². The van der Waals surface area contributed by atoms with Gasteiger partial charge >= 0.3 is 0 Å². The van der Waals surface area contributed by atoms with Crippen LogP contribution in [0.2, 0.25) is 5.02 Å². The van der Waals surface area contributed by atoms with Gasteiger partial charge in [-0.3, -0.25) is 4.79 Å². The van der Waals surface area contributed by atoms with E-state index in [9.17, 15) is 9.18 Å². The fraction of sp³-hybridized carbons (Fsp3) is 0.0952. The summed E-state index contributed by atoms with van der Waals surface area (Å²) in [4.78, 5) is 21.3. The van der Waals surface area contributed by atoms with Gasteiger partial charge < -0.3 is 9.88 Å². The number of halogens is 2. The van der Waals surface area contributed by atoms with Crippen molar-refractivity contribution in [2.75, 3.05) is 5.32 Å². The summed E-state index contributed by atoms with van der Waals surface area (Å²) in [6.07, 6.45) is 3.40. The molecular weight excluding hydrogens is 379 g/mol. The molecule has 0 atom stereocenters. The Labute approximate surface area is 165 Å². The molecule has 1 amide bonds. The molecule has 0 aliphatic rings. The standard InChI is InChI=1S/C21H16ClFN4O/c1-2-27-11-17(13-3-7-15(22)8-4-13)18-19(24-12-25-20(18)27)26-21(28)14-5-9-16(23)10-6-14/h3-12H,2H2,1H3,(H,24,25,26,28). The smallest absolute Gasteiger partial charge is 0.256 e. The number of carbonyl (C=O) groups excluding carboxylic acids is 1. The molecule has 2 aromatic heterocycles. The number of benzene rings is 2. The minimum absolute atomic E-state index is 0.344. The summed E-state index contributed by atoms with van der Waals surface area (Å²) in [6, 6.07) is 12.8. The lowest BCUT2D eigenvalue weighted by molar-refractivity contribution is 0.102. The number of carbonyl (C=O) groups is 1. The predicted octanol–water partition coefficient (Wildman–Crippen LogP) is 5.16. The third-order valence-corrected chi connectivity index (χ3v) is 4.74. The molecule has 0 radical (unpaired) electrons. The molecular formula is C21H16ClFN4O.